The number of amides is 2. The summed E-state index contributed by atoms with van der Waals surface area (Å²) in [6.45, 7) is 4.73. The van der Waals surface area contributed by atoms with Gasteiger partial charge in [-0.2, -0.15) is 4.31 Å². The molecule has 0 aromatic heterocycles. The van der Waals surface area contributed by atoms with Crippen molar-refractivity contribution in [3.63, 3.8) is 0 Å². The van der Waals surface area contributed by atoms with Crippen LogP contribution in [0.2, 0.25) is 0 Å². The molecular weight excluding hydrogens is 462 g/mol. The highest BCUT2D eigenvalue weighted by atomic mass is 32.2. The van der Waals surface area contributed by atoms with Gasteiger partial charge < -0.3 is 10.6 Å². The molecule has 0 unspecified atom stereocenters. The lowest BCUT2D eigenvalue weighted by molar-refractivity contribution is -0.125. The summed E-state index contributed by atoms with van der Waals surface area (Å²) in [6, 6.07) is 19.1. The first-order chi connectivity index (χ1) is 16.7. The monoisotopic (exact) mass is 493 g/mol. The van der Waals surface area contributed by atoms with E-state index in [0.717, 1.165) is 29.2 Å². The Hall–Kier alpha value is -3.23. The van der Waals surface area contributed by atoms with Crippen LogP contribution in [0.25, 0.3) is 10.8 Å². The Bertz CT molecular complexity index is 1320. The van der Waals surface area contributed by atoms with Gasteiger partial charge in [-0.25, -0.2) is 8.42 Å². The van der Waals surface area contributed by atoms with Crippen LogP contribution in [0.5, 0.6) is 0 Å². The van der Waals surface area contributed by atoms with E-state index in [-0.39, 0.29) is 23.1 Å². The maximum Gasteiger partial charge on any atom is 0.246 e. The zero-order valence-corrected chi connectivity index (χ0v) is 20.8. The van der Waals surface area contributed by atoms with Crippen LogP contribution in [0.4, 0.5) is 5.69 Å². The predicted molar refractivity (Wildman–Crippen MR) is 137 cm³/mol. The Balaban J connectivity index is 1.34. The minimum atomic E-state index is -3.55. The summed E-state index contributed by atoms with van der Waals surface area (Å²) in [7, 11) is -3.55. The number of hydrogen-bond donors (Lipinski definition) is 2. The molecule has 1 heterocycles. The number of carbonyl (C=O) groups excluding carboxylic acids is 2. The number of anilines is 1. The number of benzene rings is 3. The number of sulfonamides is 1. The molecule has 8 heteroatoms. The lowest BCUT2D eigenvalue weighted by atomic mass is 10.0. The lowest BCUT2D eigenvalue weighted by Gasteiger charge is -2.30. The van der Waals surface area contributed by atoms with Crippen molar-refractivity contribution >= 4 is 38.3 Å². The number of carbonyl (C=O) groups is 2. The number of nitrogens with zero attached hydrogens (tertiary/aromatic N) is 1. The molecule has 3 aromatic rings. The molecule has 2 N–H and O–H groups in total. The highest BCUT2D eigenvalue weighted by Crippen LogP contribution is 2.24. The number of nitrogens with one attached hydrogen (secondary N) is 2. The van der Waals surface area contributed by atoms with Crippen molar-refractivity contribution in [2.24, 2.45) is 5.92 Å². The van der Waals surface area contributed by atoms with E-state index >= 15 is 0 Å². The van der Waals surface area contributed by atoms with E-state index < -0.39 is 16.1 Å². The number of fused-ring (bicyclic) bond motifs is 1. The van der Waals surface area contributed by atoms with Gasteiger partial charge in [0.05, 0.1) is 11.3 Å². The van der Waals surface area contributed by atoms with Crippen molar-refractivity contribution < 1.29 is 18.0 Å². The van der Waals surface area contributed by atoms with Gasteiger partial charge in [-0.15, -0.1) is 0 Å². The smallest absolute Gasteiger partial charge is 0.246 e. The second-order valence-corrected chi connectivity index (χ2v) is 11.2. The Morgan fingerprint density at radius 3 is 2.49 bits per heavy atom. The molecule has 1 fully saturated rings. The highest BCUT2D eigenvalue weighted by molar-refractivity contribution is 7.89. The van der Waals surface area contributed by atoms with Crippen LogP contribution in [-0.4, -0.2) is 43.7 Å². The van der Waals surface area contributed by atoms with Gasteiger partial charge in [0.15, 0.2) is 0 Å². The molecule has 184 valence electrons. The largest absolute Gasteiger partial charge is 0.344 e. The van der Waals surface area contributed by atoms with E-state index in [2.05, 4.69) is 17.6 Å². The van der Waals surface area contributed by atoms with Crippen molar-refractivity contribution in [1.82, 2.24) is 9.62 Å². The maximum atomic E-state index is 12.9. The van der Waals surface area contributed by atoms with Gasteiger partial charge in [0.25, 0.3) is 0 Å². The third-order valence-corrected chi connectivity index (χ3v) is 8.26. The normalized spacial score (nSPS) is 17.6. The fourth-order valence-electron chi connectivity index (χ4n) is 4.45. The molecule has 0 saturated carbocycles. The van der Waals surface area contributed by atoms with E-state index in [1.807, 2.05) is 42.5 Å². The summed E-state index contributed by atoms with van der Waals surface area (Å²) in [6.07, 6.45) is 2.06. The lowest BCUT2D eigenvalue weighted by Crippen LogP contribution is -2.42. The molecule has 7 nitrogen and oxygen atoms in total. The van der Waals surface area contributed by atoms with Crippen LogP contribution >= 0.6 is 0 Å². The van der Waals surface area contributed by atoms with Gasteiger partial charge in [-0.05, 0) is 66.3 Å². The minimum Gasteiger partial charge on any atom is -0.344 e. The average Bonchev–Trinajstić information content (AvgIpc) is 2.84. The molecule has 2 atom stereocenters. The van der Waals surface area contributed by atoms with E-state index in [1.54, 1.807) is 19.1 Å². The summed E-state index contributed by atoms with van der Waals surface area (Å²) < 4.78 is 27.4. The minimum absolute atomic E-state index is 0.167. The summed E-state index contributed by atoms with van der Waals surface area (Å²) >= 11 is 0. The fraction of sp³-hybridized carbons (Fsp3) is 0.333. The molecule has 0 spiro atoms. The van der Waals surface area contributed by atoms with Gasteiger partial charge in [-0.3, -0.25) is 9.59 Å². The van der Waals surface area contributed by atoms with Crippen molar-refractivity contribution in [1.29, 1.82) is 0 Å². The van der Waals surface area contributed by atoms with Crippen LogP contribution in [0.1, 0.15) is 32.3 Å². The summed E-state index contributed by atoms with van der Waals surface area (Å²) in [5, 5.41) is 7.56. The summed E-state index contributed by atoms with van der Waals surface area (Å²) in [5.41, 5.74) is 1.37. The molecule has 0 bridgehead atoms. The van der Waals surface area contributed by atoms with Crippen molar-refractivity contribution in [2.45, 2.75) is 44.0 Å². The molecule has 1 aliphatic rings. The highest BCUT2D eigenvalue weighted by Gasteiger charge is 2.28. The van der Waals surface area contributed by atoms with Gasteiger partial charge in [-0.1, -0.05) is 49.4 Å². The fourth-order valence-corrected chi connectivity index (χ4v) is 6.05. The molecule has 35 heavy (non-hydrogen) atoms. The molecule has 0 radical (unpaired) electrons. The van der Waals surface area contributed by atoms with Crippen LogP contribution < -0.4 is 10.6 Å². The Morgan fingerprint density at radius 1 is 1.03 bits per heavy atom. The molecule has 1 aliphatic heterocycles. The van der Waals surface area contributed by atoms with Crippen LogP contribution in [0, 0.1) is 5.92 Å². The first-order valence-electron chi connectivity index (χ1n) is 11.9. The molecule has 3 aromatic carbocycles. The Morgan fingerprint density at radius 2 is 1.74 bits per heavy atom. The zero-order valence-electron chi connectivity index (χ0n) is 20.0. The molecule has 4 rings (SSSR count). The first kappa shape index (κ1) is 24.9. The second-order valence-electron chi connectivity index (χ2n) is 9.23. The number of piperidine rings is 1. The average molecular weight is 494 g/mol. The third-order valence-electron chi connectivity index (χ3n) is 6.38. The summed E-state index contributed by atoms with van der Waals surface area (Å²) in [5.74, 6) is -0.285. The Labute approximate surface area is 206 Å². The number of hydrogen-bond acceptors (Lipinski definition) is 4. The van der Waals surface area contributed by atoms with Crippen molar-refractivity contribution in [3.8, 4) is 0 Å². The molecule has 1 saturated heterocycles. The van der Waals surface area contributed by atoms with E-state index in [9.17, 15) is 18.0 Å². The van der Waals surface area contributed by atoms with Gasteiger partial charge in [0.2, 0.25) is 21.8 Å². The van der Waals surface area contributed by atoms with Crippen LogP contribution in [-0.2, 0) is 26.0 Å². The van der Waals surface area contributed by atoms with E-state index in [0.29, 0.717) is 24.7 Å². The van der Waals surface area contributed by atoms with Gasteiger partial charge >= 0.3 is 0 Å². The number of rotatable bonds is 7. The quantitative estimate of drug-likeness (QED) is 0.521. The van der Waals surface area contributed by atoms with Gasteiger partial charge in [0, 0.05) is 18.8 Å². The molecule has 2 amide bonds. The molecule has 0 aliphatic carbocycles. The van der Waals surface area contributed by atoms with E-state index in [4.69, 9.17) is 0 Å². The first-order valence-corrected chi connectivity index (χ1v) is 13.3. The topological polar surface area (TPSA) is 95.6 Å². The summed E-state index contributed by atoms with van der Waals surface area (Å²) in [4.78, 5) is 25.4. The molecular formula is C27H31N3O4S. The van der Waals surface area contributed by atoms with E-state index in [1.165, 1.54) is 16.4 Å². The van der Waals surface area contributed by atoms with Gasteiger partial charge in [0.1, 0.15) is 6.04 Å². The maximum absolute atomic E-state index is 12.9. The SMILES string of the molecule is C[C@H]1CCCN(S(=O)(=O)c2ccc(NC(=O)[C@@H](C)NC(=O)Cc3cccc4ccccc34)cc2)C1. The second kappa shape index (κ2) is 10.6. The standard InChI is InChI=1S/C27H31N3O4S/c1-19-7-6-16-30(18-19)35(33,34)24-14-12-23(13-15-24)29-27(32)20(2)28-26(31)17-22-10-5-9-21-8-3-4-11-25(21)22/h3-5,8-15,19-20H,6-7,16-18H2,1-2H3,(H,28,31)(H,29,32)/t19-,20+/m0/s1. The Kier molecular flexibility index (Phi) is 7.52. The van der Waals surface area contributed by atoms with Crippen LogP contribution in [0.3, 0.4) is 0 Å². The van der Waals surface area contributed by atoms with Crippen molar-refractivity contribution in [2.75, 3.05) is 18.4 Å². The zero-order chi connectivity index (χ0) is 25.0. The van der Waals surface area contributed by atoms with Crippen LogP contribution in [0.15, 0.2) is 71.6 Å². The third kappa shape index (κ3) is 5.89. The van der Waals surface area contributed by atoms with Crippen molar-refractivity contribution in [3.05, 3.63) is 72.3 Å². The predicted octanol–water partition coefficient (Wildman–Crippen LogP) is 3.95.